The Bertz CT molecular complexity index is 1670. The molecule has 2 aliphatic rings. The summed E-state index contributed by atoms with van der Waals surface area (Å²) in [6.45, 7) is 10.8. The van der Waals surface area contributed by atoms with Crippen LogP contribution in [0.5, 0.6) is 0 Å². The molecule has 0 amide bonds. The van der Waals surface area contributed by atoms with Gasteiger partial charge in [-0.1, -0.05) is 12.1 Å². The molecular weight excluding hydrogens is 604 g/mol. The van der Waals surface area contributed by atoms with E-state index >= 15 is 0 Å². The van der Waals surface area contributed by atoms with Gasteiger partial charge in [-0.15, -0.1) is 0 Å². The van der Waals surface area contributed by atoms with E-state index in [-0.39, 0.29) is 11.5 Å². The molecule has 13 heteroatoms. The van der Waals surface area contributed by atoms with Gasteiger partial charge in [-0.05, 0) is 86.8 Å². The molecule has 2 saturated heterocycles. The van der Waals surface area contributed by atoms with Crippen LogP contribution < -0.4 is 0 Å². The van der Waals surface area contributed by atoms with Crippen LogP contribution in [-0.4, -0.2) is 93.2 Å². The molecule has 2 atom stereocenters. The highest BCUT2D eigenvalue weighted by atomic mass is 16.5. The van der Waals surface area contributed by atoms with Crippen molar-refractivity contribution in [2.45, 2.75) is 53.4 Å². The Kier molecular flexibility index (Phi) is 12.3. The average molecular weight is 649 g/mol. The summed E-state index contributed by atoms with van der Waals surface area (Å²) in [5, 5.41) is 30.8. The van der Waals surface area contributed by atoms with Crippen LogP contribution >= 0.6 is 0 Å². The van der Waals surface area contributed by atoms with Gasteiger partial charge in [-0.3, -0.25) is 10.2 Å². The molecule has 0 radical (unpaired) electrons. The highest BCUT2D eigenvalue weighted by molar-refractivity contribution is 5.93. The molecule has 2 aromatic carbocycles. The SMILES string of the molecule is CO.COC(=O)c1cc(-c2n[nH]c(CC3CCOC3)n2)c(C)cc1C.Cc1cc(C)c(-c2n[nH]c(CC3CCOC3)n2)cc1C(=O)O. The number of aromatic nitrogens is 6. The van der Waals surface area contributed by atoms with E-state index in [9.17, 15) is 14.7 Å². The van der Waals surface area contributed by atoms with Crippen LogP contribution in [0.15, 0.2) is 24.3 Å². The second-order valence-electron chi connectivity index (χ2n) is 11.8. The van der Waals surface area contributed by atoms with Crippen molar-refractivity contribution < 1.29 is 34.0 Å². The number of carboxylic acid groups (broad SMARTS) is 1. The van der Waals surface area contributed by atoms with Crippen molar-refractivity contribution in [2.75, 3.05) is 40.6 Å². The number of carboxylic acids is 1. The molecule has 2 unspecified atom stereocenters. The zero-order valence-electron chi connectivity index (χ0n) is 27.8. The number of aryl methyl sites for hydroxylation is 4. The average Bonchev–Trinajstić information content (AvgIpc) is 3.88. The van der Waals surface area contributed by atoms with E-state index in [4.69, 9.17) is 19.3 Å². The van der Waals surface area contributed by atoms with Crippen LogP contribution in [0, 0.1) is 39.5 Å². The summed E-state index contributed by atoms with van der Waals surface area (Å²) < 4.78 is 15.6. The van der Waals surface area contributed by atoms with Crippen LogP contribution in [0.4, 0.5) is 0 Å². The molecule has 2 fully saturated rings. The van der Waals surface area contributed by atoms with Gasteiger partial charge in [0.15, 0.2) is 11.6 Å². The highest BCUT2D eigenvalue weighted by Crippen LogP contribution is 2.27. The number of ether oxygens (including phenoxy) is 3. The van der Waals surface area contributed by atoms with Crippen LogP contribution in [0.2, 0.25) is 0 Å². The summed E-state index contributed by atoms with van der Waals surface area (Å²) in [7, 11) is 2.38. The van der Waals surface area contributed by atoms with Gasteiger partial charge in [0.05, 0.1) is 18.2 Å². The second kappa shape index (κ2) is 16.4. The van der Waals surface area contributed by atoms with Crippen LogP contribution in [-0.2, 0) is 27.1 Å². The molecule has 252 valence electrons. The second-order valence-corrected chi connectivity index (χ2v) is 11.8. The number of aliphatic hydroxyl groups is 1. The Morgan fingerprint density at radius 2 is 1.21 bits per heavy atom. The summed E-state index contributed by atoms with van der Waals surface area (Å²) >= 11 is 0. The third kappa shape index (κ3) is 8.88. The number of rotatable bonds is 8. The van der Waals surface area contributed by atoms with Gasteiger partial charge in [0, 0.05) is 57.5 Å². The van der Waals surface area contributed by atoms with Crippen molar-refractivity contribution in [3.8, 4) is 22.8 Å². The van der Waals surface area contributed by atoms with E-state index in [1.165, 1.54) is 7.11 Å². The molecule has 47 heavy (non-hydrogen) atoms. The molecule has 2 aromatic heterocycles. The number of aromatic carboxylic acids is 1. The van der Waals surface area contributed by atoms with Crippen molar-refractivity contribution in [2.24, 2.45) is 11.8 Å². The Hall–Kier alpha value is -4.46. The first-order valence-corrected chi connectivity index (χ1v) is 15.6. The number of hydrogen-bond donors (Lipinski definition) is 4. The summed E-state index contributed by atoms with van der Waals surface area (Å²) in [4.78, 5) is 32.3. The molecule has 2 aliphatic heterocycles. The number of benzene rings is 2. The number of hydrogen-bond acceptors (Lipinski definition) is 10. The van der Waals surface area contributed by atoms with E-state index in [0.717, 1.165) is 104 Å². The van der Waals surface area contributed by atoms with Gasteiger partial charge in [-0.25, -0.2) is 19.6 Å². The summed E-state index contributed by atoms with van der Waals surface area (Å²) in [5.74, 6) is 2.54. The Labute approximate surface area is 274 Å². The number of aliphatic hydroxyl groups excluding tert-OH is 1. The fraction of sp³-hybridized carbons (Fsp3) is 0.471. The number of nitrogens with zero attached hydrogens (tertiary/aromatic N) is 4. The molecule has 4 heterocycles. The number of esters is 1. The normalized spacial score (nSPS) is 17.0. The smallest absolute Gasteiger partial charge is 0.338 e. The quantitative estimate of drug-likeness (QED) is 0.198. The first kappa shape index (κ1) is 35.4. The topological polar surface area (TPSA) is 185 Å². The lowest BCUT2D eigenvalue weighted by atomic mass is 9.99. The lowest BCUT2D eigenvalue weighted by Crippen LogP contribution is -2.05. The predicted molar refractivity (Wildman–Crippen MR) is 174 cm³/mol. The number of carbonyl (C=O) groups excluding carboxylic acids is 1. The van der Waals surface area contributed by atoms with Crippen molar-refractivity contribution in [3.63, 3.8) is 0 Å². The number of nitrogens with one attached hydrogen (secondary N) is 2. The maximum Gasteiger partial charge on any atom is 0.338 e. The maximum absolute atomic E-state index is 11.9. The third-order valence-corrected chi connectivity index (χ3v) is 8.34. The number of aromatic amines is 2. The number of carbonyl (C=O) groups is 2. The first-order chi connectivity index (χ1) is 22.6. The predicted octanol–water partition coefficient (Wildman–Crippen LogP) is 4.43. The van der Waals surface area contributed by atoms with E-state index in [2.05, 4.69) is 30.4 Å². The van der Waals surface area contributed by atoms with Crippen LogP contribution in [0.1, 0.15) is 67.5 Å². The lowest BCUT2D eigenvalue weighted by Gasteiger charge is -2.08. The number of methoxy groups -OCH3 is 1. The summed E-state index contributed by atoms with van der Waals surface area (Å²) in [6.07, 6.45) is 3.75. The highest BCUT2D eigenvalue weighted by Gasteiger charge is 2.21. The van der Waals surface area contributed by atoms with Crippen LogP contribution in [0.25, 0.3) is 22.8 Å². The Morgan fingerprint density at radius 3 is 1.62 bits per heavy atom. The molecule has 6 rings (SSSR count). The van der Waals surface area contributed by atoms with Gasteiger partial charge >= 0.3 is 11.9 Å². The van der Waals surface area contributed by atoms with Gasteiger partial charge in [-0.2, -0.15) is 10.2 Å². The first-order valence-electron chi connectivity index (χ1n) is 15.6. The zero-order chi connectivity index (χ0) is 34.1. The summed E-state index contributed by atoms with van der Waals surface area (Å²) in [5.41, 5.74) is 6.07. The standard InChI is InChI=1S/C17H21N3O3.C16H19N3O3.CH4O/c1-10-6-11(2)14(17(21)22-3)8-13(10)16-18-15(19-20-16)7-12-4-5-23-9-12;1-9-5-10(2)13(16(20)21)7-12(9)15-17-14(18-19-15)6-11-3-4-22-8-11;1-2/h6,8,12H,4-5,7,9H2,1-3H3,(H,18,19,20);5,7,11H,3-4,6,8H2,1-2H3,(H,20,21)(H,17,18,19);2H,1H3. The number of H-pyrrole nitrogens is 2. The summed E-state index contributed by atoms with van der Waals surface area (Å²) in [6, 6.07) is 7.28. The van der Waals surface area contributed by atoms with Crippen molar-refractivity contribution in [1.82, 2.24) is 30.4 Å². The van der Waals surface area contributed by atoms with Gasteiger partial charge < -0.3 is 24.4 Å². The third-order valence-electron chi connectivity index (χ3n) is 8.34. The molecule has 4 N–H and O–H groups in total. The molecule has 4 aromatic rings. The van der Waals surface area contributed by atoms with Crippen molar-refractivity contribution >= 4 is 11.9 Å². The molecule has 0 aliphatic carbocycles. The van der Waals surface area contributed by atoms with E-state index in [1.54, 1.807) is 13.0 Å². The largest absolute Gasteiger partial charge is 0.478 e. The minimum absolute atomic E-state index is 0.288. The minimum atomic E-state index is -0.933. The Balaban J connectivity index is 0.000000202. The van der Waals surface area contributed by atoms with Gasteiger partial charge in [0.2, 0.25) is 0 Å². The fourth-order valence-corrected chi connectivity index (χ4v) is 5.80. The van der Waals surface area contributed by atoms with E-state index in [1.807, 2.05) is 39.0 Å². The van der Waals surface area contributed by atoms with Crippen molar-refractivity contribution in [1.29, 1.82) is 0 Å². The molecule has 13 nitrogen and oxygen atoms in total. The fourth-order valence-electron chi connectivity index (χ4n) is 5.80. The zero-order valence-corrected chi connectivity index (χ0v) is 27.8. The van der Waals surface area contributed by atoms with E-state index < -0.39 is 5.97 Å². The molecular formula is C34H44N6O7. The lowest BCUT2D eigenvalue weighted by molar-refractivity contribution is 0.0599. The van der Waals surface area contributed by atoms with Gasteiger partial charge in [0.1, 0.15) is 11.6 Å². The maximum atomic E-state index is 11.9. The van der Waals surface area contributed by atoms with Crippen LogP contribution in [0.3, 0.4) is 0 Å². The Morgan fingerprint density at radius 1 is 0.766 bits per heavy atom. The monoisotopic (exact) mass is 648 g/mol. The van der Waals surface area contributed by atoms with Crippen molar-refractivity contribution in [3.05, 3.63) is 69.3 Å². The van der Waals surface area contributed by atoms with Gasteiger partial charge in [0.25, 0.3) is 0 Å². The van der Waals surface area contributed by atoms with E-state index in [0.29, 0.717) is 29.0 Å². The molecule has 0 spiro atoms. The molecule has 0 bridgehead atoms. The molecule has 0 saturated carbocycles. The minimum Gasteiger partial charge on any atom is -0.478 e.